The molecule has 0 radical (unpaired) electrons. The van der Waals surface area contributed by atoms with Crippen LogP contribution in [0.5, 0.6) is 0 Å². The van der Waals surface area contributed by atoms with Crippen LogP contribution >= 0.6 is 0 Å². The van der Waals surface area contributed by atoms with Gasteiger partial charge in [-0.25, -0.2) is 0 Å². The normalized spacial score (nSPS) is 10.2. The van der Waals surface area contributed by atoms with Crippen LogP contribution in [0.4, 0.5) is 0 Å². The first kappa shape index (κ1) is 9.20. The molecule has 1 heterocycles. The van der Waals surface area contributed by atoms with Crippen LogP contribution in [0.25, 0.3) is 0 Å². The zero-order valence-corrected chi connectivity index (χ0v) is 7.71. The summed E-state index contributed by atoms with van der Waals surface area (Å²) in [7, 11) is 1.72. The molecule has 66 valence electrons. The summed E-state index contributed by atoms with van der Waals surface area (Å²) in [5, 5.41) is 0. The molecule has 0 bridgehead atoms. The molecule has 0 saturated carbocycles. The zero-order chi connectivity index (χ0) is 8.81. The van der Waals surface area contributed by atoms with Gasteiger partial charge in [0.25, 0.3) is 0 Å². The van der Waals surface area contributed by atoms with E-state index in [9.17, 15) is 0 Å². The van der Waals surface area contributed by atoms with Gasteiger partial charge in [-0.15, -0.1) is 0 Å². The third-order valence-corrected chi connectivity index (χ3v) is 1.84. The summed E-state index contributed by atoms with van der Waals surface area (Å²) in [5.41, 5.74) is 2.39. The molecule has 1 aromatic rings. The molecular weight excluding hydrogens is 150 g/mol. The predicted molar refractivity (Wildman–Crippen MR) is 49.2 cm³/mol. The van der Waals surface area contributed by atoms with Crippen molar-refractivity contribution < 1.29 is 4.74 Å². The summed E-state index contributed by atoms with van der Waals surface area (Å²) >= 11 is 0. The summed E-state index contributed by atoms with van der Waals surface area (Å²) in [6, 6.07) is 4.19. The zero-order valence-electron chi connectivity index (χ0n) is 7.71. The highest BCUT2D eigenvalue weighted by Gasteiger charge is 1.93. The quantitative estimate of drug-likeness (QED) is 0.679. The molecule has 2 heteroatoms. The Morgan fingerprint density at radius 1 is 1.42 bits per heavy atom. The van der Waals surface area contributed by atoms with Gasteiger partial charge in [-0.3, -0.25) is 4.98 Å². The van der Waals surface area contributed by atoms with E-state index in [1.54, 1.807) is 7.11 Å². The number of nitrogens with zero attached hydrogens (tertiary/aromatic N) is 1. The van der Waals surface area contributed by atoms with Crippen molar-refractivity contribution in [2.75, 3.05) is 13.7 Å². The van der Waals surface area contributed by atoms with Gasteiger partial charge in [0.1, 0.15) is 0 Å². The molecule has 2 nitrogen and oxygen atoms in total. The Bertz CT molecular complexity index is 218. The number of ether oxygens (including phenoxy) is 1. The monoisotopic (exact) mass is 165 g/mol. The van der Waals surface area contributed by atoms with Gasteiger partial charge in [-0.1, -0.05) is 13.0 Å². The topological polar surface area (TPSA) is 22.1 Å². The second-order valence-corrected chi connectivity index (χ2v) is 2.75. The first-order chi connectivity index (χ1) is 5.86. The first-order valence-electron chi connectivity index (χ1n) is 4.29. The van der Waals surface area contributed by atoms with Crippen LogP contribution in [0, 0.1) is 0 Å². The van der Waals surface area contributed by atoms with Crippen LogP contribution in [-0.4, -0.2) is 18.7 Å². The number of rotatable bonds is 4. The Balaban J connectivity index is 2.53. The van der Waals surface area contributed by atoms with Crippen molar-refractivity contribution in [3.05, 3.63) is 29.6 Å². The molecule has 0 saturated heterocycles. The van der Waals surface area contributed by atoms with E-state index in [0.29, 0.717) is 0 Å². The summed E-state index contributed by atoms with van der Waals surface area (Å²) < 4.78 is 4.97. The van der Waals surface area contributed by atoms with Crippen molar-refractivity contribution in [2.24, 2.45) is 0 Å². The van der Waals surface area contributed by atoms with Crippen LogP contribution in [0.15, 0.2) is 18.3 Å². The highest BCUT2D eigenvalue weighted by molar-refractivity contribution is 5.14. The molecule has 12 heavy (non-hydrogen) atoms. The highest BCUT2D eigenvalue weighted by atomic mass is 16.5. The average molecular weight is 165 g/mol. The molecule has 0 spiro atoms. The van der Waals surface area contributed by atoms with Crippen LogP contribution in [0.2, 0.25) is 0 Å². The molecule has 0 aliphatic carbocycles. The fourth-order valence-corrected chi connectivity index (χ4v) is 1.03. The van der Waals surface area contributed by atoms with E-state index in [4.69, 9.17) is 4.74 Å². The lowest BCUT2D eigenvalue weighted by Gasteiger charge is -2.00. The maximum Gasteiger partial charge on any atom is 0.0503 e. The van der Waals surface area contributed by atoms with Gasteiger partial charge in [0, 0.05) is 19.0 Å². The van der Waals surface area contributed by atoms with Crippen LogP contribution < -0.4 is 0 Å². The van der Waals surface area contributed by atoms with E-state index in [0.717, 1.165) is 25.1 Å². The number of aryl methyl sites for hydroxylation is 1. The number of methoxy groups -OCH3 is 1. The highest BCUT2D eigenvalue weighted by Crippen LogP contribution is 2.01. The number of hydrogen-bond acceptors (Lipinski definition) is 2. The van der Waals surface area contributed by atoms with Gasteiger partial charge in [0.2, 0.25) is 0 Å². The fourth-order valence-electron chi connectivity index (χ4n) is 1.03. The second-order valence-electron chi connectivity index (χ2n) is 2.75. The van der Waals surface area contributed by atoms with E-state index in [2.05, 4.69) is 24.0 Å². The van der Waals surface area contributed by atoms with Crippen molar-refractivity contribution in [3.8, 4) is 0 Å². The van der Waals surface area contributed by atoms with Crippen molar-refractivity contribution >= 4 is 0 Å². The Morgan fingerprint density at radius 2 is 2.25 bits per heavy atom. The molecule has 1 aromatic heterocycles. The Labute approximate surface area is 73.6 Å². The van der Waals surface area contributed by atoms with Gasteiger partial charge in [-0.05, 0) is 24.5 Å². The van der Waals surface area contributed by atoms with Crippen molar-refractivity contribution in [1.29, 1.82) is 0 Å². The van der Waals surface area contributed by atoms with Gasteiger partial charge in [0.05, 0.1) is 6.61 Å². The summed E-state index contributed by atoms with van der Waals surface area (Å²) in [4.78, 5) is 4.29. The van der Waals surface area contributed by atoms with Gasteiger partial charge >= 0.3 is 0 Å². The molecule has 0 unspecified atom stereocenters. The minimum Gasteiger partial charge on any atom is -0.384 e. The van der Waals surface area contributed by atoms with Crippen LogP contribution in [-0.2, 0) is 17.6 Å². The van der Waals surface area contributed by atoms with E-state index in [1.807, 2.05) is 6.20 Å². The van der Waals surface area contributed by atoms with Gasteiger partial charge in [0.15, 0.2) is 0 Å². The summed E-state index contributed by atoms with van der Waals surface area (Å²) in [5.74, 6) is 0. The van der Waals surface area contributed by atoms with E-state index < -0.39 is 0 Å². The maximum atomic E-state index is 4.97. The molecule has 0 aromatic carbocycles. The molecular formula is C10H15NO. The fraction of sp³-hybridized carbons (Fsp3) is 0.500. The second kappa shape index (κ2) is 4.88. The molecule has 0 fully saturated rings. The third-order valence-electron chi connectivity index (χ3n) is 1.84. The molecule has 0 aliphatic rings. The smallest absolute Gasteiger partial charge is 0.0503 e. The largest absolute Gasteiger partial charge is 0.384 e. The lowest BCUT2D eigenvalue weighted by molar-refractivity contribution is 0.202. The number of aromatic nitrogens is 1. The standard InChI is InChI=1S/C10H15NO/c1-3-10-5-4-9(8-11-10)6-7-12-2/h4-5,8H,3,6-7H2,1-2H3. The molecule has 1 rings (SSSR count). The Kier molecular flexibility index (Phi) is 3.74. The maximum absolute atomic E-state index is 4.97. The van der Waals surface area contributed by atoms with Crippen molar-refractivity contribution in [1.82, 2.24) is 4.98 Å². The SMILES string of the molecule is CCc1ccc(CCOC)cn1. The van der Waals surface area contributed by atoms with E-state index in [-0.39, 0.29) is 0 Å². The lowest BCUT2D eigenvalue weighted by Crippen LogP contribution is -1.96. The third kappa shape index (κ3) is 2.62. The first-order valence-corrected chi connectivity index (χ1v) is 4.29. The predicted octanol–water partition coefficient (Wildman–Crippen LogP) is 1.83. The minimum atomic E-state index is 0.771. The van der Waals surface area contributed by atoms with Crippen LogP contribution in [0.1, 0.15) is 18.2 Å². The summed E-state index contributed by atoms with van der Waals surface area (Å²) in [6.07, 6.45) is 3.88. The van der Waals surface area contributed by atoms with Gasteiger partial charge < -0.3 is 4.74 Å². The molecule has 0 atom stereocenters. The molecule has 0 aliphatic heterocycles. The Hall–Kier alpha value is -0.890. The van der Waals surface area contributed by atoms with Crippen molar-refractivity contribution in [3.63, 3.8) is 0 Å². The van der Waals surface area contributed by atoms with E-state index >= 15 is 0 Å². The van der Waals surface area contributed by atoms with Crippen LogP contribution in [0.3, 0.4) is 0 Å². The van der Waals surface area contributed by atoms with Crippen molar-refractivity contribution in [2.45, 2.75) is 19.8 Å². The number of hydrogen-bond donors (Lipinski definition) is 0. The van der Waals surface area contributed by atoms with E-state index in [1.165, 1.54) is 5.56 Å². The molecule has 0 N–H and O–H groups in total. The Morgan fingerprint density at radius 3 is 2.75 bits per heavy atom. The molecule has 0 amide bonds. The van der Waals surface area contributed by atoms with Gasteiger partial charge in [-0.2, -0.15) is 0 Å². The number of pyridine rings is 1. The lowest BCUT2D eigenvalue weighted by atomic mass is 10.2. The summed E-state index contributed by atoms with van der Waals surface area (Å²) in [6.45, 7) is 2.88. The minimum absolute atomic E-state index is 0.771. The average Bonchev–Trinajstić information content (AvgIpc) is 2.15.